The third-order valence-electron chi connectivity index (χ3n) is 16.8. The van der Waals surface area contributed by atoms with E-state index in [0.29, 0.717) is 109 Å². The van der Waals surface area contributed by atoms with E-state index in [-0.39, 0.29) is 65.2 Å². The number of hydrogen-bond donors (Lipinski definition) is 2. The van der Waals surface area contributed by atoms with E-state index in [1.54, 1.807) is 74.1 Å². The normalized spacial score (nSPS) is 17.1. The maximum atomic E-state index is 12.6. The van der Waals surface area contributed by atoms with Crippen LogP contribution in [0, 0.1) is 20.8 Å². The Morgan fingerprint density at radius 1 is 0.547 bits per heavy atom. The molecule has 15 rings (SSSR count). The zero-order valence-electron chi connectivity index (χ0n) is 59.8. The van der Waals surface area contributed by atoms with Crippen molar-refractivity contribution in [3.05, 3.63) is 218 Å². The highest BCUT2D eigenvalue weighted by atomic mass is 35.5. The number of nitrogens with one attached hydrogen (secondary N) is 1. The number of nitrogens with zero attached hydrogens (tertiary/aromatic N) is 16. The number of benzene rings is 4. The molecule has 3 N–H and O–H groups in total. The van der Waals surface area contributed by atoms with Crippen molar-refractivity contribution >= 4 is 42.0 Å². The number of anilines is 1. The zero-order chi connectivity index (χ0) is 74.0. The van der Waals surface area contributed by atoms with Crippen LogP contribution in [0.15, 0.2) is 170 Å². The summed E-state index contributed by atoms with van der Waals surface area (Å²) in [7, 11) is 3.28. The first kappa shape index (κ1) is 77.7. The standard InChI is InChI=1S/C22H21N7O3.C18H23N3O4.C13H15N3O2.C12H15NO2.C9H7ClN4O.ClH/c1-14-25-21(32-27-14)16-5-3-15(4-6-16)19-12-29(9-10-31-19)22-26-18(11-20(30)28(22)2)17-7-8-23-13-24-17;1-12-19-16(25-20-12)14-7-5-13(6-8-14)15-11-21(9-10-23-15)17(22)24-18(2,3)4;1-9-15-13(18-16-9)11-4-2-10(3-5-11)12-8-14-6-7-17-12;13-12(14)10-6-4-9(5-7-10)11-3-1-2-8-15-11;1-14-8(15)4-7(13-9(14)10)6-2-3-11-5-12-6;/h3-8,11,13,19H,9-10,12H2,1-2H3;5-8,15H,9-11H2,1-4H3;2-5,12,14H,6-8H2,1H3;4-7,11H,1-3,8H2,(H2,13,14);2-5H,1H3;1H/t19-;15-;12-;11-;;/m1111../s1. The number of halogens is 2. The molecule has 32 heteroatoms. The van der Waals surface area contributed by atoms with E-state index in [1.807, 2.05) is 113 Å². The van der Waals surface area contributed by atoms with Gasteiger partial charge in [0.2, 0.25) is 17.1 Å². The molecule has 4 aromatic carbocycles. The van der Waals surface area contributed by atoms with Crippen molar-refractivity contribution in [2.24, 2.45) is 19.8 Å². The van der Waals surface area contributed by atoms with E-state index in [0.717, 1.165) is 72.5 Å². The molecule has 0 unspecified atom stereocenters. The summed E-state index contributed by atoms with van der Waals surface area (Å²) in [4.78, 5) is 88.3. The second-order valence-corrected chi connectivity index (χ2v) is 26.0. The molecular weight excluding hydrogens is 1400 g/mol. The number of amides is 2. The molecule has 4 fully saturated rings. The van der Waals surface area contributed by atoms with Crippen LogP contribution in [0.1, 0.15) is 115 Å². The Balaban J connectivity index is 0.000000146. The molecule has 30 nitrogen and oxygen atoms in total. The number of carbonyl (C=O) groups excluding carboxylic acids is 2. The van der Waals surface area contributed by atoms with Crippen LogP contribution >= 0.6 is 24.0 Å². The fourth-order valence-corrected chi connectivity index (χ4v) is 11.4. The van der Waals surface area contributed by atoms with E-state index < -0.39 is 5.60 Å². The minimum Gasteiger partial charge on any atom is -0.444 e. The SMILES string of the molecule is Cc1noc(-c2ccc([C@H]3CN(C(=O)OC(C)(C)C)CCO3)cc2)n1.Cc1noc(-c2ccc([C@H]3CN(c4nc(-c5ccncn5)cc(=O)n4C)CCO3)cc2)n1.Cc1noc(-c2ccc([C@H]3CNCCO3)cc2)n1.Cl.Cn1c(Cl)nc(-c2ccncn2)cc1=O.NC(=O)c1ccc([C@H]2CCCCO2)cc1. The molecule has 554 valence electrons. The first-order valence-corrected chi connectivity index (χ1v) is 34.4. The third-order valence-corrected chi connectivity index (χ3v) is 17.1. The quantitative estimate of drug-likeness (QED) is 0.114. The number of rotatable bonds is 11. The van der Waals surface area contributed by atoms with Gasteiger partial charge >= 0.3 is 6.09 Å². The lowest BCUT2D eigenvalue weighted by Crippen LogP contribution is -2.44. The molecule has 0 aliphatic carbocycles. The summed E-state index contributed by atoms with van der Waals surface area (Å²) in [5.41, 5.74) is 14.0. The second kappa shape index (κ2) is 36.7. The molecule has 4 saturated heterocycles. The summed E-state index contributed by atoms with van der Waals surface area (Å²) >= 11 is 5.78. The summed E-state index contributed by atoms with van der Waals surface area (Å²) in [6.45, 7) is 17.5. The third kappa shape index (κ3) is 21.2. The number of aromatic nitrogens is 14. The Kier molecular flexibility index (Phi) is 26.9. The molecule has 11 heterocycles. The van der Waals surface area contributed by atoms with Gasteiger partial charge in [-0.25, -0.2) is 34.7 Å². The topological polar surface area (TPSA) is 363 Å². The fourth-order valence-electron chi connectivity index (χ4n) is 11.3. The summed E-state index contributed by atoms with van der Waals surface area (Å²) in [5.74, 6) is 3.57. The predicted octanol–water partition coefficient (Wildman–Crippen LogP) is 10.6. The van der Waals surface area contributed by atoms with Gasteiger partial charge in [-0.2, -0.15) is 15.0 Å². The zero-order valence-corrected chi connectivity index (χ0v) is 61.3. The molecule has 2 amide bonds. The van der Waals surface area contributed by atoms with Crippen LogP contribution in [0.5, 0.6) is 0 Å². The number of carbonyl (C=O) groups is 2. The first-order chi connectivity index (χ1) is 50.7. The average molecular weight is 1490 g/mol. The number of primary amides is 1. The van der Waals surface area contributed by atoms with Crippen molar-refractivity contribution in [3.8, 4) is 57.1 Å². The van der Waals surface area contributed by atoms with Crippen molar-refractivity contribution in [2.75, 3.05) is 70.6 Å². The minimum atomic E-state index is -0.505. The van der Waals surface area contributed by atoms with Crippen LogP contribution in [0.3, 0.4) is 0 Å². The van der Waals surface area contributed by atoms with Crippen LogP contribution in [-0.2, 0) is 37.8 Å². The van der Waals surface area contributed by atoms with Gasteiger partial charge in [0.15, 0.2) is 17.5 Å². The lowest BCUT2D eigenvalue weighted by molar-refractivity contribution is -0.0432. The van der Waals surface area contributed by atoms with Crippen LogP contribution in [0.2, 0.25) is 5.28 Å². The summed E-state index contributed by atoms with van der Waals surface area (Å²) in [5, 5.41) is 14.9. The van der Waals surface area contributed by atoms with Gasteiger partial charge in [-0.3, -0.25) is 23.5 Å². The highest BCUT2D eigenvalue weighted by Crippen LogP contribution is 2.32. The van der Waals surface area contributed by atoms with Crippen LogP contribution in [0.25, 0.3) is 57.1 Å². The van der Waals surface area contributed by atoms with Gasteiger partial charge in [-0.1, -0.05) is 64.0 Å². The van der Waals surface area contributed by atoms with Gasteiger partial charge in [-0.15, -0.1) is 12.4 Å². The van der Waals surface area contributed by atoms with Crippen LogP contribution < -0.4 is 27.1 Å². The number of ether oxygens (including phenoxy) is 5. The monoisotopic (exact) mass is 1480 g/mol. The van der Waals surface area contributed by atoms with Gasteiger partial charge in [0, 0.05) is 93.7 Å². The van der Waals surface area contributed by atoms with Gasteiger partial charge in [0.05, 0.1) is 67.9 Å². The minimum absolute atomic E-state index is 0. The van der Waals surface area contributed by atoms with E-state index in [1.165, 1.54) is 41.3 Å². The summed E-state index contributed by atoms with van der Waals surface area (Å²) in [6.07, 6.45) is 9.15. The van der Waals surface area contributed by atoms with Crippen molar-refractivity contribution in [2.45, 2.75) is 90.8 Å². The molecule has 0 radical (unpaired) electrons. The molecule has 11 aromatic rings. The molecule has 4 aliphatic rings. The van der Waals surface area contributed by atoms with Crippen molar-refractivity contribution < 1.29 is 46.8 Å². The van der Waals surface area contributed by atoms with E-state index in [2.05, 4.69) is 65.6 Å². The molecule has 0 spiro atoms. The number of hydrogen-bond acceptors (Lipinski definition) is 26. The Labute approximate surface area is 621 Å². The largest absolute Gasteiger partial charge is 0.444 e. The second-order valence-electron chi connectivity index (χ2n) is 25.6. The molecule has 4 aliphatic heterocycles. The molecular formula is C74H82Cl2N18O12. The molecule has 0 bridgehead atoms. The Bertz CT molecular complexity index is 4760. The maximum absolute atomic E-state index is 12.6. The molecule has 4 atom stereocenters. The fraction of sp³-hybridized carbons (Fsp3) is 0.351. The molecule has 7 aromatic heterocycles. The highest BCUT2D eigenvalue weighted by molar-refractivity contribution is 6.28. The lowest BCUT2D eigenvalue weighted by atomic mass is 10.0. The van der Waals surface area contributed by atoms with Crippen LogP contribution in [-0.4, -0.2) is 158 Å². The van der Waals surface area contributed by atoms with E-state index in [4.69, 9.17) is 59.6 Å². The Hall–Kier alpha value is -10.9. The summed E-state index contributed by atoms with van der Waals surface area (Å²) < 4.78 is 47.0. The lowest BCUT2D eigenvalue weighted by Gasteiger charge is -2.34. The van der Waals surface area contributed by atoms with E-state index >= 15 is 0 Å². The molecule has 106 heavy (non-hydrogen) atoms. The van der Waals surface area contributed by atoms with Crippen molar-refractivity contribution in [1.29, 1.82) is 0 Å². The number of nitrogens with two attached hydrogens (primary N) is 1. The average Bonchev–Trinajstić information content (AvgIpc) is 0.864. The van der Waals surface area contributed by atoms with Crippen molar-refractivity contribution in [3.63, 3.8) is 0 Å². The number of morpholine rings is 3. The summed E-state index contributed by atoms with van der Waals surface area (Å²) in [6, 6.07) is 37.3. The number of aryl methyl sites for hydroxylation is 3. The van der Waals surface area contributed by atoms with Crippen LogP contribution in [0.4, 0.5) is 10.7 Å². The van der Waals surface area contributed by atoms with Gasteiger partial charge < -0.3 is 58.1 Å². The Morgan fingerprint density at radius 2 is 1.01 bits per heavy atom. The van der Waals surface area contributed by atoms with Gasteiger partial charge in [-0.05, 0) is 155 Å². The van der Waals surface area contributed by atoms with Gasteiger partial charge in [0.25, 0.3) is 28.8 Å². The van der Waals surface area contributed by atoms with E-state index in [9.17, 15) is 19.2 Å². The Morgan fingerprint density at radius 3 is 1.45 bits per heavy atom. The smallest absolute Gasteiger partial charge is 0.410 e. The predicted molar refractivity (Wildman–Crippen MR) is 393 cm³/mol. The van der Waals surface area contributed by atoms with Gasteiger partial charge in [0.1, 0.15) is 30.5 Å². The first-order valence-electron chi connectivity index (χ1n) is 34.0. The maximum Gasteiger partial charge on any atom is 0.410 e. The highest BCUT2D eigenvalue weighted by Gasteiger charge is 2.30. The molecule has 0 saturated carbocycles. The van der Waals surface area contributed by atoms with Crippen molar-refractivity contribution in [1.82, 2.24) is 79.7 Å².